The summed E-state index contributed by atoms with van der Waals surface area (Å²) < 4.78 is 33.3. The number of hydrogen-bond donors (Lipinski definition) is 0. The summed E-state index contributed by atoms with van der Waals surface area (Å²) in [5.74, 6) is 0. The van der Waals surface area contributed by atoms with Crippen LogP contribution in [0.3, 0.4) is 0 Å². The van der Waals surface area contributed by atoms with Crippen LogP contribution in [0, 0.1) is 3.57 Å². The molecular weight excluding hydrogens is 319 g/mol. The molecule has 0 aliphatic rings. The molecule has 1 heterocycles. The zero-order valence-electron chi connectivity index (χ0n) is 5.46. The van der Waals surface area contributed by atoms with Gasteiger partial charge in [-0.15, -0.1) is 0 Å². The van der Waals surface area contributed by atoms with E-state index in [1.807, 2.05) is 0 Å². The molecule has 0 spiro atoms. The van der Waals surface area contributed by atoms with Gasteiger partial charge in [0.25, 0.3) is 0 Å². The maximum Gasteiger partial charge on any atom is 0.350 e. The second-order valence-electron chi connectivity index (χ2n) is 1.88. The molecule has 0 aliphatic carbocycles. The number of hydrogen-bond acceptors (Lipinski definition) is 3. The second-order valence-corrected chi connectivity index (χ2v) is 4.74. The van der Waals surface area contributed by atoms with Crippen LogP contribution >= 0.6 is 34.2 Å². The van der Waals surface area contributed by atoms with Crippen LogP contribution in [0.1, 0.15) is 0 Å². The summed E-state index contributed by atoms with van der Waals surface area (Å²) in [6.07, 6.45) is 1.08. The molecule has 7 heteroatoms. The normalized spacial score (nSPS) is 11.6. The van der Waals surface area contributed by atoms with E-state index in [0.29, 0.717) is 0 Å². The molecule has 0 amide bonds. The second kappa shape index (κ2) is 3.43. The van der Waals surface area contributed by atoms with Crippen molar-refractivity contribution in [1.82, 2.24) is 4.98 Å². The lowest BCUT2D eigenvalue weighted by Crippen LogP contribution is -1.98. The Morgan fingerprint density at radius 1 is 1.58 bits per heavy atom. The minimum Gasteiger partial charge on any atom is -0.240 e. The van der Waals surface area contributed by atoms with Gasteiger partial charge in [-0.1, -0.05) is 15.5 Å². The van der Waals surface area contributed by atoms with Crippen LogP contribution in [0.15, 0.2) is 17.3 Å². The van der Waals surface area contributed by atoms with Crippen LogP contribution in [0.2, 0.25) is 5.02 Å². The first-order valence-corrected chi connectivity index (χ1v) is 5.51. The molecule has 1 aromatic heterocycles. The van der Waals surface area contributed by atoms with Crippen LogP contribution < -0.4 is 0 Å². The minimum absolute atomic E-state index is 0.169. The summed E-state index contributed by atoms with van der Waals surface area (Å²) in [6.45, 7) is 0. The van der Waals surface area contributed by atoms with Crippen molar-refractivity contribution in [2.24, 2.45) is 0 Å². The molecule has 66 valence electrons. The summed E-state index contributed by atoms with van der Waals surface area (Å²) in [5.41, 5.74) is 0. The molecule has 0 saturated carbocycles. The van der Waals surface area contributed by atoms with Gasteiger partial charge in [0.1, 0.15) is 0 Å². The van der Waals surface area contributed by atoms with Gasteiger partial charge in [0, 0.05) is 6.20 Å². The highest BCUT2D eigenvalue weighted by Gasteiger charge is 2.17. The third-order valence-electron chi connectivity index (χ3n) is 1.01. The van der Waals surface area contributed by atoms with Crippen molar-refractivity contribution in [3.63, 3.8) is 0 Å². The molecule has 1 rings (SSSR count). The Bertz CT molecular complexity index is 408. The summed E-state index contributed by atoms with van der Waals surface area (Å²) >= 11 is 7.13. The van der Waals surface area contributed by atoms with E-state index in [4.69, 9.17) is 11.6 Å². The maximum atomic E-state index is 12.4. The zero-order chi connectivity index (χ0) is 9.35. The molecule has 0 saturated heterocycles. The van der Waals surface area contributed by atoms with E-state index in [2.05, 4.69) is 4.98 Å². The van der Waals surface area contributed by atoms with Crippen molar-refractivity contribution >= 4 is 44.4 Å². The fourth-order valence-electron chi connectivity index (χ4n) is 0.581. The quantitative estimate of drug-likeness (QED) is 0.587. The molecule has 0 aliphatic heterocycles. The van der Waals surface area contributed by atoms with Gasteiger partial charge in [0.15, 0.2) is 0 Å². The first-order valence-electron chi connectivity index (χ1n) is 2.67. The first kappa shape index (κ1) is 10.1. The molecule has 0 radical (unpaired) electrons. The van der Waals surface area contributed by atoms with Crippen LogP contribution in [-0.2, 0) is 10.2 Å². The van der Waals surface area contributed by atoms with E-state index in [1.54, 1.807) is 22.6 Å². The Labute approximate surface area is 87.3 Å². The lowest BCUT2D eigenvalue weighted by molar-refractivity contribution is 0.547. The predicted molar refractivity (Wildman–Crippen MR) is 50.3 cm³/mol. The Morgan fingerprint density at radius 3 is 2.58 bits per heavy atom. The average molecular weight is 321 g/mol. The summed E-state index contributed by atoms with van der Waals surface area (Å²) in [5, 5.41) is -0.320. The topological polar surface area (TPSA) is 47.0 Å². The van der Waals surface area contributed by atoms with Crippen LogP contribution in [-0.4, -0.2) is 13.4 Å². The number of aromatic nitrogens is 1. The molecule has 0 fully saturated rings. The fourth-order valence-corrected chi connectivity index (χ4v) is 2.66. The van der Waals surface area contributed by atoms with E-state index < -0.39 is 15.2 Å². The van der Waals surface area contributed by atoms with Crippen molar-refractivity contribution < 1.29 is 12.3 Å². The van der Waals surface area contributed by atoms with Crippen molar-refractivity contribution in [1.29, 1.82) is 0 Å². The van der Waals surface area contributed by atoms with Crippen LogP contribution in [0.4, 0.5) is 3.89 Å². The third kappa shape index (κ3) is 2.27. The molecule has 0 N–H and O–H groups in total. The number of nitrogens with zero attached hydrogens (tertiary/aromatic N) is 1. The Kier molecular flexibility index (Phi) is 2.89. The summed E-state index contributed by atoms with van der Waals surface area (Å²) in [7, 11) is -4.73. The van der Waals surface area contributed by atoms with Gasteiger partial charge in [0.2, 0.25) is 5.03 Å². The van der Waals surface area contributed by atoms with Crippen LogP contribution in [0.25, 0.3) is 0 Å². The van der Waals surface area contributed by atoms with Gasteiger partial charge in [-0.2, -0.15) is 8.42 Å². The minimum atomic E-state index is -4.73. The molecule has 0 unspecified atom stereocenters. The standard InChI is InChI=1S/C5H2ClFINO2S/c6-3-1-4(8)5(9-2-3)12(7,10)11/h1-2H. The first-order chi connectivity index (χ1) is 5.41. The SMILES string of the molecule is O=S(=O)(F)c1ncc(Cl)cc1I. The molecule has 3 nitrogen and oxygen atoms in total. The van der Waals surface area contributed by atoms with Gasteiger partial charge in [-0.3, -0.25) is 0 Å². The van der Waals surface area contributed by atoms with E-state index >= 15 is 0 Å². The molecule has 0 atom stereocenters. The fraction of sp³-hybridized carbons (Fsp3) is 0. The number of halogens is 3. The van der Waals surface area contributed by atoms with E-state index in [-0.39, 0.29) is 8.59 Å². The average Bonchev–Trinajstić information content (AvgIpc) is 1.83. The summed E-state index contributed by atoms with van der Waals surface area (Å²) in [6, 6.07) is 1.32. The molecule has 0 bridgehead atoms. The van der Waals surface area contributed by atoms with E-state index in [9.17, 15) is 12.3 Å². The van der Waals surface area contributed by atoms with Crippen molar-refractivity contribution in [3.8, 4) is 0 Å². The largest absolute Gasteiger partial charge is 0.350 e. The van der Waals surface area contributed by atoms with E-state index in [0.717, 1.165) is 6.20 Å². The molecular formula is C5H2ClFINO2S. The van der Waals surface area contributed by atoms with Crippen molar-refractivity contribution in [2.75, 3.05) is 0 Å². The molecule has 1 aromatic rings. The lowest BCUT2D eigenvalue weighted by atomic mass is 10.5. The van der Waals surface area contributed by atoms with Gasteiger partial charge in [0.05, 0.1) is 8.59 Å². The van der Waals surface area contributed by atoms with Gasteiger partial charge in [-0.05, 0) is 28.7 Å². The van der Waals surface area contributed by atoms with Crippen molar-refractivity contribution in [3.05, 3.63) is 20.9 Å². The van der Waals surface area contributed by atoms with Gasteiger partial charge in [-0.25, -0.2) is 4.98 Å². The van der Waals surface area contributed by atoms with Gasteiger partial charge >= 0.3 is 10.2 Å². The lowest BCUT2D eigenvalue weighted by Gasteiger charge is -1.97. The smallest absolute Gasteiger partial charge is 0.240 e. The van der Waals surface area contributed by atoms with E-state index in [1.165, 1.54) is 6.07 Å². The Hall–Kier alpha value is 0.0500. The Morgan fingerprint density at radius 2 is 2.17 bits per heavy atom. The zero-order valence-corrected chi connectivity index (χ0v) is 9.19. The monoisotopic (exact) mass is 321 g/mol. The van der Waals surface area contributed by atoms with Crippen molar-refractivity contribution in [2.45, 2.75) is 5.03 Å². The molecule has 12 heavy (non-hydrogen) atoms. The predicted octanol–water partition coefficient (Wildman–Crippen LogP) is 2.00. The maximum absolute atomic E-state index is 12.4. The Balaban J connectivity index is 3.39. The number of rotatable bonds is 1. The van der Waals surface area contributed by atoms with Gasteiger partial charge < -0.3 is 0 Å². The van der Waals surface area contributed by atoms with Crippen LogP contribution in [0.5, 0.6) is 0 Å². The summed E-state index contributed by atoms with van der Waals surface area (Å²) in [4.78, 5) is 3.35. The highest BCUT2D eigenvalue weighted by Crippen LogP contribution is 2.20. The molecule has 0 aromatic carbocycles. The highest BCUT2D eigenvalue weighted by molar-refractivity contribution is 14.1. The highest BCUT2D eigenvalue weighted by atomic mass is 127. The third-order valence-corrected chi connectivity index (χ3v) is 3.19. The number of pyridine rings is 1.